The highest BCUT2D eigenvalue weighted by molar-refractivity contribution is 6.06. The van der Waals surface area contributed by atoms with E-state index in [0.717, 1.165) is 11.1 Å². The van der Waals surface area contributed by atoms with Crippen LogP contribution in [-0.4, -0.2) is 16.8 Å². The van der Waals surface area contributed by atoms with Gasteiger partial charge in [-0.15, -0.1) is 0 Å². The van der Waals surface area contributed by atoms with Crippen LogP contribution in [0.3, 0.4) is 0 Å². The maximum atomic E-state index is 12.2. The monoisotopic (exact) mass is 356 g/mol. The summed E-state index contributed by atoms with van der Waals surface area (Å²) in [6.07, 6.45) is 3.24. The number of ketones is 1. The summed E-state index contributed by atoms with van der Waals surface area (Å²) in [5.74, 6) is -0.132. The molecular weight excluding hydrogens is 338 g/mol. The zero-order valence-corrected chi connectivity index (χ0v) is 14.5. The standard InChI is InChI=1S/C23H18NO3/c25-21-13-8-18(9-14-21)16-24-23(27)20-11-6-17(7-12-20)10-15-22(26)19-4-2-1-3-5-19/h1-16,25H,(H,24,27). The number of carbonyl (C=O) groups excluding carboxylic acids is 2. The number of aromatic hydroxyl groups is 1. The Labute approximate surface area is 157 Å². The van der Waals surface area contributed by atoms with Crippen molar-refractivity contribution in [2.75, 3.05) is 0 Å². The topological polar surface area (TPSA) is 66.4 Å². The molecule has 0 fully saturated rings. The average Bonchev–Trinajstić information content (AvgIpc) is 2.72. The summed E-state index contributed by atoms with van der Waals surface area (Å²) in [6, 6.07) is 22.5. The summed E-state index contributed by atoms with van der Waals surface area (Å²) < 4.78 is 0. The molecule has 3 aromatic rings. The van der Waals surface area contributed by atoms with E-state index in [2.05, 4.69) is 5.32 Å². The third kappa shape index (κ3) is 5.16. The first-order valence-corrected chi connectivity index (χ1v) is 8.42. The molecule has 4 nitrogen and oxygen atoms in total. The summed E-state index contributed by atoms with van der Waals surface area (Å²) in [5.41, 5.74) is 2.75. The van der Waals surface area contributed by atoms with Gasteiger partial charge >= 0.3 is 0 Å². The predicted octanol–water partition coefficient (Wildman–Crippen LogP) is 4.23. The number of benzene rings is 3. The molecule has 0 aliphatic carbocycles. The van der Waals surface area contributed by atoms with Crippen molar-refractivity contribution in [1.82, 2.24) is 5.32 Å². The fraction of sp³-hybridized carbons (Fsp3) is 0. The van der Waals surface area contributed by atoms with Crippen molar-refractivity contribution in [3.63, 3.8) is 0 Å². The number of hydrogen-bond donors (Lipinski definition) is 2. The largest absolute Gasteiger partial charge is 0.508 e. The van der Waals surface area contributed by atoms with Crippen LogP contribution in [0, 0.1) is 6.54 Å². The van der Waals surface area contributed by atoms with Crippen molar-refractivity contribution in [2.24, 2.45) is 0 Å². The number of amides is 1. The normalized spacial score (nSPS) is 10.7. The highest BCUT2D eigenvalue weighted by Gasteiger charge is 2.05. The van der Waals surface area contributed by atoms with Crippen molar-refractivity contribution in [3.8, 4) is 5.75 Å². The number of hydrogen-bond acceptors (Lipinski definition) is 3. The van der Waals surface area contributed by atoms with E-state index in [1.165, 1.54) is 6.08 Å². The second-order valence-corrected chi connectivity index (χ2v) is 5.89. The van der Waals surface area contributed by atoms with Crippen molar-refractivity contribution >= 4 is 17.8 Å². The van der Waals surface area contributed by atoms with Crippen molar-refractivity contribution in [1.29, 1.82) is 0 Å². The minimum absolute atomic E-state index is 0.0686. The van der Waals surface area contributed by atoms with Gasteiger partial charge in [-0.2, -0.15) is 0 Å². The quantitative estimate of drug-likeness (QED) is 0.513. The summed E-state index contributed by atoms with van der Waals surface area (Å²) in [5, 5.41) is 12.0. The van der Waals surface area contributed by atoms with Gasteiger partial charge in [0.15, 0.2) is 5.78 Å². The van der Waals surface area contributed by atoms with Crippen molar-refractivity contribution in [3.05, 3.63) is 114 Å². The third-order valence-corrected chi connectivity index (χ3v) is 3.92. The molecule has 0 spiro atoms. The van der Waals surface area contributed by atoms with Crippen LogP contribution >= 0.6 is 0 Å². The Bertz CT molecular complexity index is 943. The summed E-state index contributed by atoms with van der Waals surface area (Å²) >= 11 is 0. The first-order chi connectivity index (χ1) is 13.1. The van der Waals surface area contributed by atoms with Gasteiger partial charge in [0.05, 0.1) is 6.54 Å². The van der Waals surface area contributed by atoms with E-state index < -0.39 is 0 Å². The number of rotatable bonds is 6. The lowest BCUT2D eigenvalue weighted by Crippen LogP contribution is -2.20. The van der Waals surface area contributed by atoms with Gasteiger partial charge in [0, 0.05) is 11.1 Å². The molecule has 1 amide bonds. The van der Waals surface area contributed by atoms with Crippen molar-refractivity contribution < 1.29 is 14.7 Å². The molecule has 133 valence electrons. The smallest absolute Gasteiger partial charge is 0.251 e. The fourth-order valence-electron chi connectivity index (χ4n) is 2.42. The van der Waals surface area contributed by atoms with E-state index in [0.29, 0.717) is 11.1 Å². The van der Waals surface area contributed by atoms with Gasteiger partial charge in [-0.25, -0.2) is 0 Å². The van der Waals surface area contributed by atoms with Crippen molar-refractivity contribution in [2.45, 2.75) is 0 Å². The Kier molecular flexibility index (Phi) is 5.80. The van der Waals surface area contributed by atoms with Crippen LogP contribution in [-0.2, 0) is 0 Å². The van der Waals surface area contributed by atoms with Crippen LogP contribution in [0.5, 0.6) is 5.75 Å². The van der Waals surface area contributed by atoms with Gasteiger partial charge in [-0.3, -0.25) is 9.59 Å². The van der Waals surface area contributed by atoms with E-state index in [9.17, 15) is 14.7 Å². The fourth-order valence-corrected chi connectivity index (χ4v) is 2.42. The van der Waals surface area contributed by atoms with Gasteiger partial charge in [-0.05, 0) is 41.5 Å². The second-order valence-electron chi connectivity index (χ2n) is 5.89. The highest BCUT2D eigenvalue weighted by Crippen LogP contribution is 2.11. The molecule has 2 N–H and O–H groups in total. The molecule has 0 heterocycles. The molecule has 0 unspecified atom stereocenters. The number of phenolic OH excluding ortho intramolecular Hbond substituents is 1. The molecule has 0 bridgehead atoms. The molecule has 3 aromatic carbocycles. The Morgan fingerprint density at radius 1 is 0.741 bits per heavy atom. The first-order valence-electron chi connectivity index (χ1n) is 8.42. The van der Waals surface area contributed by atoms with Crippen LogP contribution in [0.15, 0.2) is 84.9 Å². The molecular formula is C23H18NO3. The molecule has 0 saturated heterocycles. The van der Waals surface area contributed by atoms with E-state index in [1.54, 1.807) is 73.3 Å². The average molecular weight is 356 g/mol. The van der Waals surface area contributed by atoms with Gasteiger partial charge in [-0.1, -0.05) is 60.7 Å². The zero-order valence-electron chi connectivity index (χ0n) is 14.5. The van der Waals surface area contributed by atoms with E-state index in [-0.39, 0.29) is 17.4 Å². The Hall–Kier alpha value is -3.66. The minimum atomic E-state index is -0.237. The Morgan fingerprint density at radius 2 is 1.37 bits per heavy atom. The van der Waals surface area contributed by atoms with Crippen LogP contribution in [0.25, 0.3) is 6.08 Å². The molecule has 4 heteroatoms. The molecule has 0 saturated carbocycles. The van der Waals surface area contributed by atoms with Gasteiger partial charge in [0.25, 0.3) is 5.91 Å². The first kappa shape index (κ1) is 18.1. The van der Waals surface area contributed by atoms with Crippen LogP contribution in [0.4, 0.5) is 0 Å². The molecule has 0 aliphatic heterocycles. The summed E-state index contributed by atoms with van der Waals surface area (Å²) in [6.45, 7) is 1.58. The minimum Gasteiger partial charge on any atom is -0.508 e. The number of allylic oxidation sites excluding steroid dienone is 1. The molecule has 0 atom stereocenters. The maximum absolute atomic E-state index is 12.2. The number of carbonyl (C=O) groups is 2. The molecule has 0 aromatic heterocycles. The van der Waals surface area contributed by atoms with Gasteiger partial charge in [0.1, 0.15) is 5.75 Å². The zero-order chi connectivity index (χ0) is 19.1. The lowest BCUT2D eigenvalue weighted by molar-refractivity contribution is 0.0964. The number of phenols is 1. The Balaban J connectivity index is 1.57. The lowest BCUT2D eigenvalue weighted by atomic mass is 10.1. The SMILES string of the molecule is O=C(C=Cc1ccc(C(=O)N[CH]c2ccc(O)cc2)cc1)c1ccccc1. The maximum Gasteiger partial charge on any atom is 0.251 e. The second kappa shape index (κ2) is 8.63. The Morgan fingerprint density at radius 3 is 2.04 bits per heavy atom. The predicted molar refractivity (Wildman–Crippen MR) is 105 cm³/mol. The van der Waals surface area contributed by atoms with Crippen LogP contribution < -0.4 is 5.32 Å². The van der Waals surface area contributed by atoms with E-state index >= 15 is 0 Å². The van der Waals surface area contributed by atoms with E-state index in [4.69, 9.17) is 0 Å². The molecule has 1 radical (unpaired) electrons. The molecule has 27 heavy (non-hydrogen) atoms. The lowest BCUT2D eigenvalue weighted by Gasteiger charge is -2.05. The summed E-state index contributed by atoms with van der Waals surface area (Å²) in [4.78, 5) is 24.2. The molecule has 0 aliphatic rings. The summed E-state index contributed by atoms with van der Waals surface area (Å²) in [7, 11) is 0. The van der Waals surface area contributed by atoms with Crippen LogP contribution in [0.1, 0.15) is 31.8 Å². The molecule has 3 rings (SSSR count). The van der Waals surface area contributed by atoms with Gasteiger partial charge < -0.3 is 10.4 Å². The van der Waals surface area contributed by atoms with Gasteiger partial charge in [0.2, 0.25) is 0 Å². The number of nitrogens with one attached hydrogen (secondary N) is 1. The van der Waals surface area contributed by atoms with E-state index in [1.807, 2.05) is 18.2 Å². The highest BCUT2D eigenvalue weighted by atomic mass is 16.3. The van der Waals surface area contributed by atoms with Crippen LogP contribution in [0.2, 0.25) is 0 Å². The third-order valence-electron chi connectivity index (χ3n) is 3.92.